The Morgan fingerprint density at radius 1 is 1.13 bits per heavy atom. The predicted molar refractivity (Wildman–Crippen MR) is 57.7 cm³/mol. The normalized spacial score (nSPS) is 13.2. The Labute approximate surface area is 89.5 Å². The van der Waals surface area contributed by atoms with Gasteiger partial charge in [-0.3, -0.25) is 0 Å². The molecule has 15 heavy (non-hydrogen) atoms. The Hall–Kier alpha value is -0.960. The standard InChI is InChI=1S/C12H17F2N/c1-8(2)12(15-3)6-9-4-10(13)7-11(14)5-9/h4-5,7-8,12,15H,6H2,1-3H3. The fraction of sp³-hybridized carbons (Fsp3) is 0.500. The minimum absolute atomic E-state index is 0.242. The van der Waals surface area contributed by atoms with Crippen LogP contribution < -0.4 is 5.32 Å². The predicted octanol–water partition coefficient (Wildman–Crippen LogP) is 2.75. The van der Waals surface area contributed by atoms with Gasteiger partial charge in [-0.2, -0.15) is 0 Å². The highest BCUT2D eigenvalue weighted by Crippen LogP contribution is 2.13. The summed E-state index contributed by atoms with van der Waals surface area (Å²) in [6.07, 6.45) is 0.642. The lowest BCUT2D eigenvalue weighted by molar-refractivity contribution is 0.423. The average Bonchev–Trinajstić information content (AvgIpc) is 2.12. The highest BCUT2D eigenvalue weighted by atomic mass is 19.1. The number of hydrogen-bond acceptors (Lipinski definition) is 1. The van der Waals surface area contributed by atoms with E-state index in [4.69, 9.17) is 0 Å². The molecule has 0 aromatic heterocycles. The summed E-state index contributed by atoms with van der Waals surface area (Å²) in [5.41, 5.74) is 0.695. The number of nitrogens with one attached hydrogen (secondary N) is 1. The molecular formula is C12H17F2N. The van der Waals surface area contributed by atoms with Gasteiger partial charge < -0.3 is 5.32 Å². The van der Waals surface area contributed by atoms with Crippen molar-refractivity contribution in [1.82, 2.24) is 5.32 Å². The summed E-state index contributed by atoms with van der Waals surface area (Å²) in [5, 5.41) is 3.14. The maximum Gasteiger partial charge on any atom is 0.126 e. The zero-order valence-corrected chi connectivity index (χ0v) is 9.35. The van der Waals surface area contributed by atoms with E-state index in [1.165, 1.54) is 12.1 Å². The zero-order valence-electron chi connectivity index (χ0n) is 9.35. The van der Waals surface area contributed by atoms with Gasteiger partial charge in [-0.1, -0.05) is 13.8 Å². The van der Waals surface area contributed by atoms with Gasteiger partial charge in [0.25, 0.3) is 0 Å². The zero-order chi connectivity index (χ0) is 11.4. The van der Waals surface area contributed by atoms with E-state index < -0.39 is 11.6 Å². The molecule has 0 aliphatic carbocycles. The summed E-state index contributed by atoms with van der Waals surface area (Å²) in [7, 11) is 1.86. The molecule has 84 valence electrons. The Morgan fingerprint density at radius 3 is 2.07 bits per heavy atom. The summed E-state index contributed by atoms with van der Waals surface area (Å²) in [6.45, 7) is 4.16. The van der Waals surface area contributed by atoms with Crippen LogP contribution in [0.3, 0.4) is 0 Å². The summed E-state index contributed by atoms with van der Waals surface area (Å²) < 4.78 is 25.8. The van der Waals surface area contributed by atoms with Gasteiger partial charge in [-0.25, -0.2) is 8.78 Å². The first-order chi connectivity index (χ1) is 7.02. The molecule has 0 amide bonds. The molecule has 0 saturated heterocycles. The van der Waals surface area contributed by atoms with Gasteiger partial charge in [0.15, 0.2) is 0 Å². The minimum atomic E-state index is -0.511. The summed E-state index contributed by atoms with van der Waals surface area (Å²) in [6, 6.07) is 3.91. The van der Waals surface area contributed by atoms with Crippen molar-refractivity contribution in [2.45, 2.75) is 26.3 Å². The number of likely N-dealkylation sites (N-methyl/N-ethyl adjacent to an activating group) is 1. The number of benzene rings is 1. The van der Waals surface area contributed by atoms with Gasteiger partial charge >= 0.3 is 0 Å². The number of halogens is 2. The van der Waals surface area contributed by atoms with Crippen molar-refractivity contribution in [3.8, 4) is 0 Å². The Kier molecular flexibility index (Phi) is 4.21. The molecule has 3 heteroatoms. The SMILES string of the molecule is CNC(Cc1cc(F)cc(F)c1)C(C)C. The first-order valence-electron chi connectivity index (χ1n) is 5.15. The van der Waals surface area contributed by atoms with E-state index in [2.05, 4.69) is 19.2 Å². The van der Waals surface area contributed by atoms with Gasteiger partial charge in [0.1, 0.15) is 11.6 Å². The van der Waals surface area contributed by atoms with Crippen LogP contribution in [0.4, 0.5) is 8.78 Å². The molecule has 1 unspecified atom stereocenters. The topological polar surface area (TPSA) is 12.0 Å². The third-order valence-corrected chi connectivity index (χ3v) is 2.55. The maximum atomic E-state index is 12.9. The molecule has 1 rings (SSSR count). The van der Waals surface area contributed by atoms with Gasteiger partial charge in [-0.05, 0) is 37.1 Å². The van der Waals surface area contributed by atoms with Crippen LogP contribution in [-0.2, 0) is 6.42 Å². The second-order valence-electron chi connectivity index (χ2n) is 4.12. The summed E-state index contributed by atoms with van der Waals surface area (Å²) >= 11 is 0. The van der Waals surface area contributed by atoms with Crippen LogP contribution in [0.15, 0.2) is 18.2 Å². The van der Waals surface area contributed by atoms with Crippen molar-refractivity contribution in [2.24, 2.45) is 5.92 Å². The molecule has 0 bridgehead atoms. The highest BCUT2D eigenvalue weighted by Gasteiger charge is 2.12. The van der Waals surface area contributed by atoms with Crippen molar-refractivity contribution >= 4 is 0 Å². The van der Waals surface area contributed by atoms with E-state index in [0.29, 0.717) is 17.9 Å². The molecule has 0 fully saturated rings. The molecule has 0 saturated carbocycles. The van der Waals surface area contributed by atoms with Crippen LogP contribution >= 0.6 is 0 Å². The quantitative estimate of drug-likeness (QED) is 0.811. The lowest BCUT2D eigenvalue weighted by Crippen LogP contribution is -2.32. The van der Waals surface area contributed by atoms with E-state index in [-0.39, 0.29) is 6.04 Å². The molecule has 1 nitrogen and oxygen atoms in total. The monoisotopic (exact) mass is 213 g/mol. The van der Waals surface area contributed by atoms with Crippen molar-refractivity contribution in [2.75, 3.05) is 7.05 Å². The van der Waals surface area contributed by atoms with Crippen molar-refractivity contribution < 1.29 is 8.78 Å². The van der Waals surface area contributed by atoms with E-state index in [0.717, 1.165) is 6.07 Å². The Morgan fingerprint density at radius 2 is 1.67 bits per heavy atom. The highest BCUT2D eigenvalue weighted by molar-refractivity contribution is 5.19. The van der Waals surface area contributed by atoms with Crippen LogP contribution in [0.1, 0.15) is 19.4 Å². The van der Waals surface area contributed by atoms with Gasteiger partial charge in [0.05, 0.1) is 0 Å². The maximum absolute atomic E-state index is 12.9. The fourth-order valence-corrected chi connectivity index (χ4v) is 1.65. The van der Waals surface area contributed by atoms with E-state index >= 15 is 0 Å². The second kappa shape index (κ2) is 5.21. The molecular weight excluding hydrogens is 196 g/mol. The number of hydrogen-bond donors (Lipinski definition) is 1. The average molecular weight is 213 g/mol. The summed E-state index contributed by atoms with van der Waals surface area (Å²) in [4.78, 5) is 0. The summed E-state index contributed by atoms with van der Waals surface area (Å²) in [5.74, 6) is -0.589. The van der Waals surface area contributed by atoms with Gasteiger partial charge in [0.2, 0.25) is 0 Å². The molecule has 1 aromatic rings. The Bertz CT molecular complexity index is 303. The van der Waals surface area contributed by atoms with Crippen LogP contribution in [0.5, 0.6) is 0 Å². The Balaban J connectivity index is 2.79. The van der Waals surface area contributed by atoms with E-state index in [1.54, 1.807) is 0 Å². The van der Waals surface area contributed by atoms with Crippen LogP contribution in [0, 0.1) is 17.6 Å². The smallest absolute Gasteiger partial charge is 0.126 e. The molecule has 0 aliphatic rings. The molecule has 1 aromatic carbocycles. The molecule has 0 aliphatic heterocycles. The molecule has 0 heterocycles. The third-order valence-electron chi connectivity index (χ3n) is 2.55. The van der Waals surface area contributed by atoms with E-state index in [1.807, 2.05) is 7.05 Å². The third kappa shape index (κ3) is 3.59. The molecule has 1 N–H and O–H groups in total. The first kappa shape index (κ1) is 12.1. The molecule has 0 radical (unpaired) electrons. The largest absolute Gasteiger partial charge is 0.316 e. The fourth-order valence-electron chi connectivity index (χ4n) is 1.65. The number of rotatable bonds is 4. The van der Waals surface area contributed by atoms with E-state index in [9.17, 15) is 8.78 Å². The van der Waals surface area contributed by atoms with Crippen LogP contribution in [0.2, 0.25) is 0 Å². The van der Waals surface area contributed by atoms with Crippen LogP contribution in [-0.4, -0.2) is 13.1 Å². The van der Waals surface area contributed by atoms with Crippen molar-refractivity contribution in [3.05, 3.63) is 35.4 Å². The van der Waals surface area contributed by atoms with Crippen molar-refractivity contribution in [3.63, 3.8) is 0 Å². The van der Waals surface area contributed by atoms with Crippen molar-refractivity contribution in [1.29, 1.82) is 0 Å². The molecule has 1 atom stereocenters. The molecule has 0 spiro atoms. The van der Waals surface area contributed by atoms with Crippen LogP contribution in [0.25, 0.3) is 0 Å². The lowest BCUT2D eigenvalue weighted by Gasteiger charge is -2.20. The van der Waals surface area contributed by atoms with Gasteiger partial charge in [-0.15, -0.1) is 0 Å². The lowest BCUT2D eigenvalue weighted by atomic mass is 9.96. The first-order valence-corrected chi connectivity index (χ1v) is 5.15. The minimum Gasteiger partial charge on any atom is -0.316 e. The van der Waals surface area contributed by atoms with Gasteiger partial charge in [0, 0.05) is 12.1 Å². The second-order valence-corrected chi connectivity index (χ2v) is 4.12.